The lowest BCUT2D eigenvalue weighted by Gasteiger charge is -2.04. The number of amides is 1. The third-order valence-electron chi connectivity index (χ3n) is 2.04. The van der Waals surface area contributed by atoms with Gasteiger partial charge in [0.05, 0.1) is 9.98 Å². The summed E-state index contributed by atoms with van der Waals surface area (Å²) >= 11 is 4.36. The summed E-state index contributed by atoms with van der Waals surface area (Å²) in [7, 11) is 0. The van der Waals surface area contributed by atoms with Gasteiger partial charge in [0.15, 0.2) is 5.13 Å². The molecule has 3 N–H and O–H groups in total. The van der Waals surface area contributed by atoms with E-state index < -0.39 is 23.2 Å². The average molecular weight is 334 g/mol. The standard InChI is InChI=1S/C10H6BrF2N3OS/c11-7-3-15-10(18-7)16-9(17)4-1-5(12)8(14)6(13)2-4/h1-3H,14H2,(H,15,16,17). The number of carbonyl (C=O) groups excluding carboxylic acids is 1. The number of hydrogen-bond donors (Lipinski definition) is 2. The van der Waals surface area contributed by atoms with Crippen LogP contribution in [-0.2, 0) is 0 Å². The number of carbonyl (C=O) groups is 1. The second kappa shape index (κ2) is 4.99. The van der Waals surface area contributed by atoms with Crippen LogP contribution in [0.15, 0.2) is 22.1 Å². The summed E-state index contributed by atoms with van der Waals surface area (Å²) in [5.74, 6) is -2.60. The minimum absolute atomic E-state index is 0.162. The van der Waals surface area contributed by atoms with Gasteiger partial charge >= 0.3 is 0 Å². The molecule has 0 unspecified atom stereocenters. The summed E-state index contributed by atoms with van der Waals surface area (Å²) < 4.78 is 27.1. The zero-order chi connectivity index (χ0) is 13.3. The van der Waals surface area contributed by atoms with Crippen LogP contribution in [0.2, 0.25) is 0 Å². The topological polar surface area (TPSA) is 68.0 Å². The highest BCUT2D eigenvalue weighted by Gasteiger charge is 2.14. The highest BCUT2D eigenvalue weighted by Crippen LogP contribution is 2.24. The molecule has 0 spiro atoms. The van der Waals surface area contributed by atoms with E-state index in [1.54, 1.807) is 0 Å². The molecule has 4 nitrogen and oxygen atoms in total. The first-order chi connectivity index (χ1) is 8.47. The van der Waals surface area contributed by atoms with E-state index in [2.05, 4.69) is 26.2 Å². The Hall–Kier alpha value is -1.54. The van der Waals surface area contributed by atoms with Gasteiger partial charge in [-0.05, 0) is 28.1 Å². The molecule has 1 heterocycles. The molecule has 0 aliphatic carbocycles. The monoisotopic (exact) mass is 333 g/mol. The maximum atomic E-state index is 13.2. The van der Waals surface area contributed by atoms with Gasteiger partial charge in [-0.15, -0.1) is 0 Å². The van der Waals surface area contributed by atoms with E-state index in [1.165, 1.54) is 17.5 Å². The minimum Gasteiger partial charge on any atom is -0.394 e. The normalized spacial score (nSPS) is 10.4. The number of halogens is 3. The molecule has 0 saturated carbocycles. The summed E-state index contributed by atoms with van der Waals surface area (Å²) in [6.07, 6.45) is 1.50. The Morgan fingerprint density at radius 1 is 1.39 bits per heavy atom. The predicted molar refractivity (Wildman–Crippen MR) is 68.5 cm³/mol. The second-order valence-corrected chi connectivity index (χ2v) is 5.69. The highest BCUT2D eigenvalue weighted by atomic mass is 79.9. The Labute approximate surface area is 113 Å². The molecular formula is C10H6BrF2N3OS. The molecule has 0 aliphatic heterocycles. The van der Waals surface area contributed by atoms with Crippen molar-refractivity contribution >= 4 is 44.0 Å². The van der Waals surface area contributed by atoms with Gasteiger partial charge in [0.25, 0.3) is 5.91 Å². The summed E-state index contributed by atoms with van der Waals surface area (Å²) in [6.45, 7) is 0. The Morgan fingerprint density at radius 3 is 2.50 bits per heavy atom. The van der Waals surface area contributed by atoms with Crippen LogP contribution in [0.1, 0.15) is 10.4 Å². The zero-order valence-corrected chi connectivity index (χ0v) is 11.1. The van der Waals surface area contributed by atoms with Crippen LogP contribution < -0.4 is 11.1 Å². The number of nitrogen functional groups attached to an aromatic ring is 1. The van der Waals surface area contributed by atoms with Gasteiger partial charge < -0.3 is 5.73 Å². The summed E-state index contributed by atoms with van der Waals surface area (Å²) in [5.41, 5.74) is 4.34. The van der Waals surface area contributed by atoms with Gasteiger partial charge in [0.1, 0.15) is 17.3 Å². The molecule has 0 atom stereocenters. The van der Waals surface area contributed by atoms with Crippen molar-refractivity contribution in [2.75, 3.05) is 11.1 Å². The van der Waals surface area contributed by atoms with Crippen molar-refractivity contribution < 1.29 is 13.6 Å². The SMILES string of the molecule is Nc1c(F)cc(C(=O)Nc2ncc(Br)s2)cc1F. The van der Waals surface area contributed by atoms with Crippen molar-refractivity contribution in [3.63, 3.8) is 0 Å². The first-order valence-corrected chi connectivity index (χ1v) is 6.25. The van der Waals surface area contributed by atoms with Crippen molar-refractivity contribution in [3.05, 3.63) is 39.3 Å². The lowest BCUT2D eigenvalue weighted by Crippen LogP contribution is -2.13. The molecule has 0 bridgehead atoms. The molecule has 94 valence electrons. The van der Waals surface area contributed by atoms with Crippen LogP contribution in [0, 0.1) is 11.6 Å². The highest BCUT2D eigenvalue weighted by molar-refractivity contribution is 9.11. The van der Waals surface area contributed by atoms with E-state index in [4.69, 9.17) is 5.73 Å². The van der Waals surface area contributed by atoms with E-state index in [-0.39, 0.29) is 5.56 Å². The number of nitrogens with two attached hydrogens (primary N) is 1. The molecule has 8 heteroatoms. The summed E-state index contributed by atoms with van der Waals surface area (Å²) in [6, 6.07) is 1.74. The molecule has 0 aliphatic rings. The Bertz CT molecular complexity index is 594. The first-order valence-electron chi connectivity index (χ1n) is 4.64. The molecular weight excluding hydrogens is 328 g/mol. The molecule has 1 aromatic carbocycles. The molecule has 1 amide bonds. The Morgan fingerprint density at radius 2 is 2.00 bits per heavy atom. The maximum absolute atomic E-state index is 13.2. The van der Waals surface area contributed by atoms with Gasteiger partial charge in [0, 0.05) is 5.56 Å². The van der Waals surface area contributed by atoms with E-state index in [1.807, 2.05) is 0 Å². The summed E-state index contributed by atoms with van der Waals surface area (Å²) in [5, 5.41) is 2.74. The van der Waals surface area contributed by atoms with E-state index in [0.717, 1.165) is 15.9 Å². The zero-order valence-electron chi connectivity index (χ0n) is 8.71. The molecule has 18 heavy (non-hydrogen) atoms. The number of thiazole rings is 1. The fourth-order valence-corrected chi connectivity index (χ4v) is 2.30. The van der Waals surface area contributed by atoms with Crippen LogP contribution in [0.4, 0.5) is 19.6 Å². The fourth-order valence-electron chi connectivity index (χ4n) is 1.20. The number of anilines is 2. The predicted octanol–water partition coefficient (Wildman–Crippen LogP) is 3.02. The third-order valence-corrected chi connectivity index (χ3v) is 3.43. The smallest absolute Gasteiger partial charge is 0.257 e. The summed E-state index contributed by atoms with van der Waals surface area (Å²) in [4.78, 5) is 15.6. The first kappa shape index (κ1) is 12.9. The van der Waals surface area contributed by atoms with Gasteiger partial charge in [-0.2, -0.15) is 0 Å². The lowest BCUT2D eigenvalue weighted by atomic mass is 10.2. The number of nitrogens with zero attached hydrogens (tertiary/aromatic N) is 1. The van der Waals surface area contributed by atoms with Gasteiger partial charge in [0.2, 0.25) is 0 Å². The van der Waals surface area contributed by atoms with Crippen molar-refractivity contribution in [2.24, 2.45) is 0 Å². The average Bonchev–Trinajstić information content (AvgIpc) is 2.71. The van der Waals surface area contributed by atoms with Crippen LogP contribution in [0.5, 0.6) is 0 Å². The second-order valence-electron chi connectivity index (χ2n) is 3.28. The Kier molecular flexibility index (Phi) is 3.58. The molecule has 0 radical (unpaired) electrons. The molecule has 1 aromatic heterocycles. The lowest BCUT2D eigenvalue weighted by molar-refractivity contribution is 0.102. The van der Waals surface area contributed by atoms with Crippen LogP contribution in [0.3, 0.4) is 0 Å². The number of hydrogen-bond acceptors (Lipinski definition) is 4. The number of benzene rings is 1. The molecule has 2 aromatic rings. The van der Waals surface area contributed by atoms with Crippen molar-refractivity contribution in [1.29, 1.82) is 0 Å². The van der Waals surface area contributed by atoms with Crippen molar-refractivity contribution in [2.45, 2.75) is 0 Å². The fraction of sp³-hybridized carbons (Fsp3) is 0. The van der Waals surface area contributed by atoms with Crippen molar-refractivity contribution in [1.82, 2.24) is 4.98 Å². The van der Waals surface area contributed by atoms with Crippen LogP contribution >= 0.6 is 27.3 Å². The Balaban J connectivity index is 2.24. The third kappa shape index (κ3) is 2.65. The van der Waals surface area contributed by atoms with Crippen LogP contribution in [-0.4, -0.2) is 10.9 Å². The number of rotatable bonds is 2. The van der Waals surface area contributed by atoms with Crippen LogP contribution in [0.25, 0.3) is 0 Å². The largest absolute Gasteiger partial charge is 0.394 e. The maximum Gasteiger partial charge on any atom is 0.257 e. The van der Waals surface area contributed by atoms with E-state index in [0.29, 0.717) is 5.13 Å². The quantitative estimate of drug-likeness (QED) is 0.830. The number of aromatic nitrogens is 1. The van der Waals surface area contributed by atoms with Gasteiger partial charge in [-0.3, -0.25) is 10.1 Å². The molecule has 2 rings (SSSR count). The minimum atomic E-state index is -0.972. The molecule has 0 saturated heterocycles. The van der Waals surface area contributed by atoms with E-state index in [9.17, 15) is 13.6 Å². The van der Waals surface area contributed by atoms with Gasteiger partial charge in [-0.25, -0.2) is 13.8 Å². The van der Waals surface area contributed by atoms with Gasteiger partial charge in [-0.1, -0.05) is 11.3 Å². The van der Waals surface area contributed by atoms with Crippen molar-refractivity contribution in [3.8, 4) is 0 Å². The number of nitrogens with one attached hydrogen (secondary N) is 1. The molecule has 0 fully saturated rings. The van der Waals surface area contributed by atoms with E-state index >= 15 is 0 Å².